The number of nitrogens with zero attached hydrogens (tertiary/aromatic N) is 2. The van der Waals surface area contributed by atoms with Crippen LogP contribution < -0.4 is 10.6 Å². The summed E-state index contributed by atoms with van der Waals surface area (Å²) in [4.78, 5) is 16.8. The van der Waals surface area contributed by atoms with Crippen molar-refractivity contribution in [3.05, 3.63) is 64.7 Å². The number of carbonyl (C=O) groups excluding carboxylic acids is 1. The molecule has 6 heteroatoms. The Labute approximate surface area is 185 Å². The molecular formula is C24H32N4OS. The Hall–Kier alpha value is -2.44. The van der Waals surface area contributed by atoms with Crippen LogP contribution in [0.3, 0.4) is 0 Å². The summed E-state index contributed by atoms with van der Waals surface area (Å²) in [7, 11) is 0. The van der Waals surface area contributed by atoms with Gasteiger partial charge in [-0.2, -0.15) is 0 Å². The molecule has 0 aromatic heterocycles. The van der Waals surface area contributed by atoms with Crippen LogP contribution in [0.25, 0.3) is 0 Å². The summed E-state index contributed by atoms with van der Waals surface area (Å²) >= 11 is 5.69. The lowest BCUT2D eigenvalue weighted by Crippen LogP contribution is -2.40. The fourth-order valence-corrected chi connectivity index (χ4v) is 3.97. The van der Waals surface area contributed by atoms with E-state index in [1.807, 2.05) is 30.3 Å². The molecule has 5 nitrogen and oxygen atoms in total. The van der Waals surface area contributed by atoms with Crippen LogP contribution in [0, 0.1) is 20.8 Å². The lowest BCUT2D eigenvalue weighted by molar-refractivity contribution is -0.122. The molecule has 160 valence electrons. The average molecular weight is 425 g/mol. The maximum absolute atomic E-state index is 12.3. The van der Waals surface area contributed by atoms with Gasteiger partial charge in [0.2, 0.25) is 5.91 Å². The van der Waals surface area contributed by atoms with Crippen LogP contribution in [0.15, 0.2) is 42.5 Å². The van der Waals surface area contributed by atoms with Gasteiger partial charge in [-0.1, -0.05) is 36.4 Å². The summed E-state index contributed by atoms with van der Waals surface area (Å²) < 4.78 is 0. The molecule has 0 unspecified atom stereocenters. The van der Waals surface area contributed by atoms with Crippen LogP contribution in [0.4, 0.5) is 5.69 Å². The smallest absolute Gasteiger partial charge is 0.234 e. The fourth-order valence-electron chi connectivity index (χ4n) is 3.68. The van der Waals surface area contributed by atoms with E-state index in [2.05, 4.69) is 53.3 Å². The van der Waals surface area contributed by atoms with Crippen LogP contribution in [0.5, 0.6) is 0 Å². The van der Waals surface area contributed by atoms with Gasteiger partial charge in [-0.15, -0.1) is 0 Å². The second-order valence-electron chi connectivity index (χ2n) is 8.06. The van der Waals surface area contributed by atoms with Crippen LogP contribution in [0.2, 0.25) is 0 Å². The average Bonchev–Trinajstić information content (AvgIpc) is 2.97. The van der Waals surface area contributed by atoms with Gasteiger partial charge in [-0.25, -0.2) is 0 Å². The van der Waals surface area contributed by atoms with Gasteiger partial charge in [0.1, 0.15) is 0 Å². The third-order valence-corrected chi connectivity index (χ3v) is 6.02. The van der Waals surface area contributed by atoms with Gasteiger partial charge in [0, 0.05) is 38.4 Å². The normalized spacial score (nSPS) is 14.8. The molecule has 2 aromatic carbocycles. The summed E-state index contributed by atoms with van der Waals surface area (Å²) in [5.41, 5.74) is 5.94. The van der Waals surface area contributed by atoms with Crippen molar-refractivity contribution in [2.45, 2.75) is 33.7 Å². The molecule has 0 radical (unpaired) electrons. The van der Waals surface area contributed by atoms with Gasteiger partial charge in [-0.05, 0) is 67.7 Å². The number of aryl methyl sites for hydroxylation is 3. The van der Waals surface area contributed by atoms with Crippen molar-refractivity contribution in [2.75, 3.05) is 38.0 Å². The summed E-state index contributed by atoms with van der Waals surface area (Å²) in [6.07, 6.45) is 0.986. The van der Waals surface area contributed by atoms with E-state index in [1.54, 1.807) is 0 Å². The van der Waals surface area contributed by atoms with Crippen molar-refractivity contribution < 1.29 is 4.79 Å². The minimum Gasteiger partial charge on any atom is -0.351 e. The van der Waals surface area contributed by atoms with Crippen LogP contribution in [-0.4, -0.2) is 53.5 Å². The molecule has 3 rings (SSSR count). The highest BCUT2D eigenvalue weighted by Gasteiger charge is 2.19. The molecule has 1 fully saturated rings. The molecule has 0 saturated carbocycles. The number of hydrogen-bond donors (Lipinski definition) is 2. The molecule has 1 amide bonds. The molecule has 1 aliphatic heterocycles. The number of carbonyl (C=O) groups is 1. The van der Waals surface area contributed by atoms with E-state index in [-0.39, 0.29) is 5.91 Å². The predicted molar refractivity (Wildman–Crippen MR) is 128 cm³/mol. The topological polar surface area (TPSA) is 47.6 Å². The summed E-state index contributed by atoms with van der Waals surface area (Å²) in [6, 6.07) is 14.4. The highest BCUT2D eigenvalue weighted by Crippen LogP contribution is 2.20. The maximum Gasteiger partial charge on any atom is 0.234 e. The Kier molecular flexibility index (Phi) is 7.82. The van der Waals surface area contributed by atoms with E-state index in [1.165, 1.54) is 16.7 Å². The van der Waals surface area contributed by atoms with Crippen LogP contribution >= 0.6 is 12.2 Å². The molecule has 0 atom stereocenters. The zero-order valence-corrected chi connectivity index (χ0v) is 19.0. The second kappa shape index (κ2) is 10.5. The number of nitrogens with one attached hydrogen (secondary N) is 2. The molecule has 30 heavy (non-hydrogen) atoms. The van der Waals surface area contributed by atoms with E-state index in [0.29, 0.717) is 13.1 Å². The van der Waals surface area contributed by atoms with Gasteiger partial charge < -0.3 is 15.5 Å². The van der Waals surface area contributed by atoms with Crippen molar-refractivity contribution in [1.82, 2.24) is 15.1 Å². The van der Waals surface area contributed by atoms with Crippen LogP contribution in [0.1, 0.15) is 28.7 Å². The zero-order valence-electron chi connectivity index (χ0n) is 18.2. The lowest BCUT2D eigenvalue weighted by Gasteiger charge is -2.25. The number of hydrogen-bond acceptors (Lipinski definition) is 3. The number of benzene rings is 2. The zero-order chi connectivity index (χ0) is 21.5. The number of rotatable bonds is 5. The first-order chi connectivity index (χ1) is 14.4. The van der Waals surface area contributed by atoms with Crippen LogP contribution in [-0.2, 0) is 11.3 Å². The Balaban J connectivity index is 1.47. The number of thiocarbonyl (C=S) groups is 1. The summed E-state index contributed by atoms with van der Waals surface area (Å²) in [5, 5.41) is 7.21. The lowest BCUT2D eigenvalue weighted by atomic mass is 10.1. The third-order valence-electron chi connectivity index (χ3n) is 5.66. The van der Waals surface area contributed by atoms with Crippen molar-refractivity contribution in [1.29, 1.82) is 0 Å². The van der Waals surface area contributed by atoms with Gasteiger partial charge in [0.25, 0.3) is 0 Å². The minimum atomic E-state index is 0.0683. The molecule has 0 bridgehead atoms. The van der Waals surface area contributed by atoms with Gasteiger partial charge >= 0.3 is 0 Å². The monoisotopic (exact) mass is 424 g/mol. The van der Waals surface area contributed by atoms with Crippen molar-refractivity contribution in [2.24, 2.45) is 0 Å². The third kappa shape index (κ3) is 6.28. The van der Waals surface area contributed by atoms with E-state index in [4.69, 9.17) is 12.2 Å². The Morgan fingerprint density at radius 1 is 0.967 bits per heavy atom. The SMILES string of the molecule is Cc1cc(C)c(NC(=S)N2CCCN(CC(=O)NCc3ccccc3)CC2)cc1C. The minimum absolute atomic E-state index is 0.0683. The standard InChI is InChI=1S/C24H32N4OS/c1-18-14-20(3)22(15-19(18)2)26-24(30)28-11-7-10-27(12-13-28)17-23(29)25-16-21-8-5-4-6-9-21/h4-6,8-9,14-15H,7,10-13,16-17H2,1-3H3,(H,25,29)(H,26,30). The first-order valence-corrected chi connectivity index (χ1v) is 11.0. The van der Waals surface area contributed by atoms with E-state index < -0.39 is 0 Å². The van der Waals surface area contributed by atoms with E-state index in [9.17, 15) is 4.79 Å². The molecular weight excluding hydrogens is 392 g/mol. The predicted octanol–water partition coefficient (Wildman–Crippen LogP) is 3.63. The molecule has 2 aromatic rings. The largest absolute Gasteiger partial charge is 0.351 e. The highest BCUT2D eigenvalue weighted by atomic mass is 32.1. The van der Waals surface area contributed by atoms with Crippen molar-refractivity contribution in [3.8, 4) is 0 Å². The van der Waals surface area contributed by atoms with Gasteiger partial charge in [0.05, 0.1) is 6.54 Å². The quantitative estimate of drug-likeness (QED) is 0.718. The van der Waals surface area contributed by atoms with Gasteiger partial charge in [-0.3, -0.25) is 9.69 Å². The van der Waals surface area contributed by atoms with E-state index in [0.717, 1.165) is 49.0 Å². The van der Waals surface area contributed by atoms with Crippen molar-refractivity contribution >= 4 is 28.9 Å². The first kappa shape index (κ1) is 22.2. The molecule has 1 aliphatic rings. The molecule has 1 heterocycles. The molecule has 0 aliphatic carbocycles. The second-order valence-corrected chi connectivity index (χ2v) is 8.45. The first-order valence-electron chi connectivity index (χ1n) is 10.6. The van der Waals surface area contributed by atoms with Gasteiger partial charge in [0.15, 0.2) is 5.11 Å². The number of anilines is 1. The fraction of sp³-hybridized carbons (Fsp3) is 0.417. The molecule has 1 saturated heterocycles. The highest BCUT2D eigenvalue weighted by molar-refractivity contribution is 7.80. The Morgan fingerprint density at radius 3 is 2.47 bits per heavy atom. The van der Waals surface area contributed by atoms with Crippen molar-refractivity contribution in [3.63, 3.8) is 0 Å². The number of amides is 1. The Morgan fingerprint density at radius 2 is 1.70 bits per heavy atom. The maximum atomic E-state index is 12.3. The Bertz CT molecular complexity index is 884. The van der Waals surface area contributed by atoms with E-state index >= 15 is 0 Å². The summed E-state index contributed by atoms with van der Waals surface area (Å²) in [6.45, 7) is 10.8. The molecule has 0 spiro atoms. The summed E-state index contributed by atoms with van der Waals surface area (Å²) in [5.74, 6) is 0.0683. The molecule has 2 N–H and O–H groups in total.